The molecule has 25 heavy (non-hydrogen) atoms. The van der Waals surface area contributed by atoms with Crippen molar-refractivity contribution in [3.8, 4) is 17.0 Å². The van der Waals surface area contributed by atoms with Crippen LogP contribution in [0.25, 0.3) is 38.9 Å². The van der Waals surface area contributed by atoms with E-state index in [0.717, 1.165) is 44.8 Å². The second-order valence-corrected chi connectivity index (χ2v) is 6.04. The molecule has 4 nitrogen and oxygen atoms in total. The Morgan fingerprint density at radius 2 is 1.56 bits per heavy atom. The summed E-state index contributed by atoms with van der Waals surface area (Å²) in [6.07, 6.45) is 0. The van der Waals surface area contributed by atoms with E-state index in [9.17, 15) is 0 Å². The zero-order valence-corrected chi connectivity index (χ0v) is 13.7. The van der Waals surface area contributed by atoms with Crippen molar-refractivity contribution in [2.24, 2.45) is 0 Å². The summed E-state index contributed by atoms with van der Waals surface area (Å²) in [6, 6.07) is 24.4. The lowest BCUT2D eigenvalue weighted by Gasteiger charge is -2.06. The van der Waals surface area contributed by atoms with Crippen molar-refractivity contribution >= 4 is 21.9 Å². The minimum absolute atomic E-state index is 0.763. The molecule has 0 bridgehead atoms. The molecule has 0 radical (unpaired) electrons. The van der Waals surface area contributed by atoms with Crippen LogP contribution in [-0.4, -0.2) is 14.7 Å². The first kappa shape index (κ1) is 14.0. The van der Waals surface area contributed by atoms with Gasteiger partial charge in [0.25, 0.3) is 0 Å². The van der Waals surface area contributed by atoms with E-state index >= 15 is 0 Å². The zero-order valence-electron chi connectivity index (χ0n) is 13.7. The Kier molecular flexibility index (Phi) is 2.97. The first-order chi connectivity index (χ1) is 12.3. The van der Waals surface area contributed by atoms with Crippen molar-refractivity contribution in [1.82, 2.24) is 14.7 Å². The first-order valence-corrected chi connectivity index (χ1v) is 8.21. The molecule has 3 aromatic carbocycles. The van der Waals surface area contributed by atoms with Crippen LogP contribution in [0.15, 0.2) is 77.3 Å². The van der Waals surface area contributed by atoms with Crippen molar-refractivity contribution in [2.45, 2.75) is 6.92 Å². The fraction of sp³-hybridized carbons (Fsp3) is 0.0476. The summed E-state index contributed by atoms with van der Waals surface area (Å²) >= 11 is 0. The zero-order chi connectivity index (χ0) is 16.8. The summed E-state index contributed by atoms with van der Waals surface area (Å²) in [4.78, 5) is 4.84. The van der Waals surface area contributed by atoms with Crippen molar-refractivity contribution in [3.63, 3.8) is 0 Å². The molecule has 0 unspecified atom stereocenters. The van der Waals surface area contributed by atoms with Gasteiger partial charge in [-0.1, -0.05) is 53.7 Å². The highest BCUT2D eigenvalue weighted by molar-refractivity contribution is 6.09. The molecule has 5 rings (SSSR count). The van der Waals surface area contributed by atoms with Crippen LogP contribution >= 0.6 is 0 Å². The topological polar surface area (TPSA) is 43.9 Å². The third-order valence-electron chi connectivity index (χ3n) is 4.49. The van der Waals surface area contributed by atoms with Gasteiger partial charge in [0.2, 0.25) is 0 Å². The van der Waals surface area contributed by atoms with Gasteiger partial charge in [0.1, 0.15) is 16.9 Å². The predicted octanol–water partition coefficient (Wildman–Crippen LogP) is 5.14. The van der Waals surface area contributed by atoms with Gasteiger partial charge in [-0.05, 0) is 31.2 Å². The number of nitrogens with zero attached hydrogens (tertiary/aromatic N) is 3. The van der Waals surface area contributed by atoms with Gasteiger partial charge in [-0.3, -0.25) is 4.57 Å². The van der Waals surface area contributed by atoms with Gasteiger partial charge in [-0.2, -0.15) is 0 Å². The van der Waals surface area contributed by atoms with E-state index in [2.05, 4.69) is 27.9 Å². The normalized spacial score (nSPS) is 11.4. The van der Waals surface area contributed by atoms with Crippen LogP contribution in [0, 0.1) is 6.92 Å². The highest BCUT2D eigenvalue weighted by Crippen LogP contribution is 2.35. The summed E-state index contributed by atoms with van der Waals surface area (Å²) in [6.45, 7) is 2.02. The van der Waals surface area contributed by atoms with Gasteiger partial charge in [-0.25, -0.2) is 4.98 Å². The molecule has 0 saturated carbocycles. The van der Waals surface area contributed by atoms with Gasteiger partial charge < -0.3 is 4.52 Å². The van der Waals surface area contributed by atoms with E-state index < -0.39 is 0 Å². The maximum absolute atomic E-state index is 5.66. The van der Waals surface area contributed by atoms with Crippen LogP contribution in [-0.2, 0) is 0 Å². The van der Waals surface area contributed by atoms with Crippen molar-refractivity contribution < 1.29 is 4.52 Å². The number of benzene rings is 3. The quantitative estimate of drug-likeness (QED) is 0.451. The summed E-state index contributed by atoms with van der Waals surface area (Å²) < 4.78 is 7.83. The maximum atomic E-state index is 5.66. The SMILES string of the molecule is Cc1nc2c3c(-c4ccccc4)onc3ccc2n1-c1ccccc1. The molecule has 0 aliphatic carbocycles. The molecule has 0 amide bonds. The molecule has 0 N–H and O–H groups in total. The van der Waals surface area contributed by atoms with E-state index in [4.69, 9.17) is 9.51 Å². The Balaban J connectivity index is 1.87. The molecule has 0 fully saturated rings. The third kappa shape index (κ3) is 2.08. The maximum Gasteiger partial charge on any atom is 0.176 e. The van der Waals surface area contributed by atoms with Crippen LogP contribution in [0.3, 0.4) is 0 Å². The largest absolute Gasteiger partial charge is 0.355 e. The number of aromatic nitrogens is 3. The molecular formula is C21H15N3O. The van der Waals surface area contributed by atoms with E-state index in [-0.39, 0.29) is 0 Å². The lowest BCUT2D eigenvalue weighted by Crippen LogP contribution is -1.95. The minimum Gasteiger partial charge on any atom is -0.355 e. The summed E-state index contributed by atoms with van der Waals surface area (Å²) in [5.41, 5.74) is 4.89. The van der Waals surface area contributed by atoms with E-state index in [1.165, 1.54) is 0 Å². The van der Waals surface area contributed by atoms with Gasteiger partial charge in [-0.15, -0.1) is 0 Å². The summed E-state index contributed by atoms with van der Waals surface area (Å²) in [7, 11) is 0. The second-order valence-electron chi connectivity index (χ2n) is 6.04. The molecule has 0 spiro atoms. The molecule has 4 heteroatoms. The average Bonchev–Trinajstić information content (AvgIpc) is 3.23. The minimum atomic E-state index is 0.763. The molecule has 0 saturated heterocycles. The highest BCUT2D eigenvalue weighted by atomic mass is 16.5. The Labute approximate surface area is 144 Å². The average molecular weight is 325 g/mol. The van der Waals surface area contributed by atoms with Crippen molar-refractivity contribution in [3.05, 3.63) is 78.6 Å². The molecule has 2 heterocycles. The van der Waals surface area contributed by atoms with Crippen LogP contribution in [0.5, 0.6) is 0 Å². The summed E-state index contributed by atoms with van der Waals surface area (Å²) in [5.74, 6) is 1.70. The molecule has 2 aromatic heterocycles. The van der Waals surface area contributed by atoms with E-state index in [1.807, 2.05) is 61.5 Å². The first-order valence-electron chi connectivity index (χ1n) is 8.21. The summed E-state index contributed by atoms with van der Waals surface area (Å²) in [5, 5.41) is 5.19. The highest BCUT2D eigenvalue weighted by Gasteiger charge is 2.18. The molecule has 0 atom stereocenters. The number of rotatable bonds is 2. The molecule has 0 aliphatic heterocycles. The molecule has 120 valence electrons. The number of imidazole rings is 1. The number of para-hydroxylation sites is 1. The van der Waals surface area contributed by atoms with Crippen LogP contribution in [0.2, 0.25) is 0 Å². The lowest BCUT2D eigenvalue weighted by molar-refractivity contribution is 0.441. The Bertz CT molecular complexity index is 1190. The van der Waals surface area contributed by atoms with Crippen molar-refractivity contribution in [2.75, 3.05) is 0 Å². The smallest absolute Gasteiger partial charge is 0.176 e. The van der Waals surface area contributed by atoms with E-state index in [1.54, 1.807) is 0 Å². The van der Waals surface area contributed by atoms with Gasteiger partial charge in [0, 0.05) is 11.3 Å². The van der Waals surface area contributed by atoms with Crippen LogP contribution < -0.4 is 0 Å². The van der Waals surface area contributed by atoms with Gasteiger partial charge in [0.15, 0.2) is 5.76 Å². The fourth-order valence-corrected chi connectivity index (χ4v) is 3.38. The van der Waals surface area contributed by atoms with E-state index in [0.29, 0.717) is 0 Å². The predicted molar refractivity (Wildman–Crippen MR) is 98.8 cm³/mol. The van der Waals surface area contributed by atoms with Gasteiger partial charge in [0.05, 0.1) is 10.9 Å². The second kappa shape index (κ2) is 5.31. The Morgan fingerprint density at radius 1 is 0.840 bits per heavy atom. The van der Waals surface area contributed by atoms with Crippen LogP contribution in [0.4, 0.5) is 0 Å². The molecule has 0 aliphatic rings. The number of fused-ring (bicyclic) bond motifs is 3. The monoisotopic (exact) mass is 325 g/mol. The third-order valence-corrected chi connectivity index (χ3v) is 4.49. The molecule has 5 aromatic rings. The van der Waals surface area contributed by atoms with Crippen molar-refractivity contribution in [1.29, 1.82) is 0 Å². The Hall–Kier alpha value is -3.40. The number of hydrogen-bond donors (Lipinski definition) is 0. The lowest BCUT2D eigenvalue weighted by atomic mass is 10.1. The fourth-order valence-electron chi connectivity index (χ4n) is 3.38. The number of aryl methyl sites for hydroxylation is 1. The van der Waals surface area contributed by atoms with Crippen LogP contribution in [0.1, 0.15) is 5.82 Å². The molecular weight excluding hydrogens is 310 g/mol. The van der Waals surface area contributed by atoms with Gasteiger partial charge >= 0.3 is 0 Å². The Morgan fingerprint density at radius 3 is 2.32 bits per heavy atom. The standard InChI is InChI=1S/C21H15N3O/c1-14-22-20-18(24(14)16-10-6-3-7-11-16)13-12-17-19(20)21(25-23-17)15-8-4-2-5-9-15/h2-13H,1H3. The number of hydrogen-bond acceptors (Lipinski definition) is 3.